The summed E-state index contributed by atoms with van der Waals surface area (Å²) in [5.74, 6) is -0.934. The SMILES string of the molecule is CC(C)(C)OC(=O)NC1C(=O)N2C(C(=O)OC(C)(C)C)=C(C=Cc3nncs3)CCC12. The molecule has 0 radical (unpaired) electrons. The Morgan fingerprint density at radius 3 is 2.42 bits per heavy atom. The minimum absolute atomic E-state index is 0.208. The molecule has 0 saturated carbocycles. The largest absolute Gasteiger partial charge is 0.455 e. The van der Waals surface area contributed by atoms with Gasteiger partial charge in [-0.3, -0.25) is 9.69 Å². The van der Waals surface area contributed by atoms with E-state index < -0.39 is 29.3 Å². The number of alkyl carbamates (subject to hydrolysis) is 1. The maximum Gasteiger partial charge on any atom is 0.408 e. The Bertz CT molecular complexity index is 925. The van der Waals surface area contributed by atoms with Crippen molar-refractivity contribution >= 4 is 35.4 Å². The number of hydrogen-bond acceptors (Lipinski definition) is 8. The maximum absolute atomic E-state index is 13.0. The monoisotopic (exact) mass is 448 g/mol. The van der Waals surface area contributed by atoms with Crippen molar-refractivity contribution in [2.24, 2.45) is 0 Å². The van der Waals surface area contributed by atoms with Gasteiger partial charge < -0.3 is 14.8 Å². The van der Waals surface area contributed by atoms with Crippen molar-refractivity contribution in [1.82, 2.24) is 20.4 Å². The van der Waals surface area contributed by atoms with E-state index in [1.165, 1.54) is 16.2 Å². The molecule has 2 unspecified atom stereocenters. The lowest BCUT2D eigenvalue weighted by Crippen LogP contribution is -2.72. The van der Waals surface area contributed by atoms with Crippen molar-refractivity contribution < 1.29 is 23.9 Å². The number of nitrogens with one attached hydrogen (secondary N) is 1. The molecule has 1 fully saturated rings. The number of rotatable bonds is 4. The van der Waals surface area contributed by atoms with Gasteiger partial charge in [0.1, 0.15) is 33.5 Å². The Labute approximate surface area is 185 Å². The highest BCUT2D eigenvalue weighted by atomic mass is 32.1. The van der Waals surface area contributed by atoms with Crippen molar-refractivity contribution in [2.45, 2.75) is 77.7 Å². The van der Waals surface area contributed by atoms with E-state index in [0.29, 0.717) is 23.4 Å². The van der Waals surface area contributed by atoms with Crippen LogP contribution in [0.2, 0.25) is 0 Å². The molecule has 2 aliphatic rings. The van der Waals surface area contributed by atoms with Gasteiger partial charge in [0.25, 0.3) is 5.91 Å². The maximum atomic E-state index is 13.0. The zero-order valence-electron chi connectivity index (χ0n) is 18.6. The van der Waals surface area contributed by atoms with Crippen molar-refractivity contribution in [1.29, 1.82) is 0 Å². The van der Waals surface area contributed by atoms with Gasteiger partial charge in [0.2, 0.25) is 0 Å². The summed E-state index contributed by atoms with van der Waals surface area (Å²) in [6, 6.07) is -1.07. The third-order valence-electron chi connectivity index (χ3n) is 4.54. The van der Waals surface area contributed by atoms with Crippen molar-refractivity contribution in [2.75, 3.05) is 0 Å². The van der Waals surface area contributed by atoms with Gasteiger partial charge in [-0.15, -0.1) is 21.5 Å². The van der Waals surface area contributed by atoms with E-state index in [0.717, 1.165) is 0 Å². The molecule has 31 heavy (non-hydrogen) atoms. The van der Waals surface area contributed by atoms with Crippen molar-refractivity contribution in [3.05, 3.63) is 27.9 Å². The summed E-state index contributed by atoms with van der Waals surface area (Å²) in [5.41, 5.74) is 1.12. The second kappa shape index (κ2) is 8.41. The minimum Gasteiger partial charge on any atom is -0.455 e. The molecule has 1 N–H and O–H groups in total. The van der Waals surface area contributed by atoms with E-state index >= 15 is 0 Å². The molecule has 3 heterocycles. The van der Waals surface area contributed by atoms with Crippen LogP contribution in [-0.4, -0.2) is 56.4 Å². The number of esters is 1. The van der Waals surface area contributed by atoms with Crippen LogP contribution in [0.15, 0.2) is 22.9 Å². The molecular formula is C21H28N4O5S. The summed E-state index contributed by atoms with van der Waals surface area (Å²) in [6.07, 6.45) is 4.02. The van der Waals surface area contributed by atoms with Crippen LogP contribution in [0, 0.1) is 0 Å². The summed E-state index contributed by atoms with van der Waals surface area (Å²) < 4.78 is 10.8. The molecule has 1 aromatic rings. The smallest absolute Gasteiger partial charge is 0.408 e. The molecule has 2 atom stereocenters. The van der Waals surface area contributed by atoms with Gasteiger partial charge in [0, 0.05) is 0 Å². The first-order valence-electron chi connectivity index (χ1n) is 10.1. The molecule has 2 aliphatic heterocycles. The first kappa shape index (κ1) is 22.9. The van der Waals surface area contributed by atoms with Crippen LogP contribution < -0.4 is 5.32 Å². The summed E-state index contributed by atoms with van der Waals surface area (Å²) in [6.45, 7) is 10.6. The van der Waals surface area contributed by atoms with Gasteiger partial charge in [-0.25, -0.2) is 9.59 Å². The highest BCUT2D eigenvalue weighted by Gasteiger charge is 2.54. The highest BCUT2D eigenvalue weighted by Crippen LogP contribution is 2.38. The minimum atomic E-state index is -0.735. The number of carbonyl (C=O) groups is 3. The molecule has 1 saturated heterocycles. The normalized spacial score (nSPS) is 21.6. The van der Waals surface area contributed by atoms with E-state index in [4.69, 9.17) is 9.47 Å². The molecule has 1 aromatic heterocycles. The summed E-state index contributed by atoms with van der Waals surface area (Å²) >= 11 is 1.37. The van der Waals surface area contributed by atoms with Crippen LogP contribution in [0.5, 0.6) is 0 Å². The number of hydrogen-bond donors (Lipinski definition) is 1. The zero-order valence-corrected chi connectivity index (χ0v) is 19.4. The number of ether oxygens (including phenoxy) is 2. The van der Waals surface area contributed by atoms with Gasteiger partial charge in [-0.1, -0.05) is 6.08 Å². The van der Waals surface area contributed by atoms with E-state index in [1.807, 2.05) is 0 Å². The summed E-state index contributed by atoms with van der Waals surface area (Å²) in [4.78, 5) is 39.5. The average Bonchev–Trinajstić information content (AvgIpc) is 3.14. The summed E-state index contributed by atoms with van der Waals surface area (Å²) in [7, 11) is 0. The third kappa shape index (κ3) is 5.49. The molecule has 168 valence electrons. The molecule has 2 amide bonds. The van der Waals surface area contributed by atoms with Gasteiger partial charge in [-0.2, -0.15) is 0 Å². The fourth-order valence-corrected chi connectivity index (χ4v) is 3.87. The number of fused-ring (bicyclic) bond motifs is 1. The quantitative estimate of drug-likeness (QED) is 0.557. The van der Waals surface area contributed by atoms with Gasteiger partial charge in [-0.05, 0) is 66.0 Å². The number of nitrogens with zero attached hydrogens (tertiary/aromatic N) is 3. The zero-order chi connectivity index (χ0) is 23.0. The predicted octanol–water partition coefficient (Wildman–Crippen LogP) is 3.05. The fraction of sp³-hybridized carbons (Fsp3) is 0.571. The van der Waals surface area contributed by atoms with Crippen LogP contribution in [-0.2, 0) is 19.1 Å². The highest BCUT2D eigenvalue weighted by molar-refractivity contribution is 7.10. The Morgan fingerprint density at radius 2 is 1.84 bits per heavy atom. The second-order valence-corrected chi connectivity index (χ2v) is 10.3. The number of β-lactam (4-membered cyclic amide) rings is 1. The van der Waals surface area contributed by atoms with Crippen molar-refractivity contribution in [3.8, 4) is 0 Å². The summed E-state index contributed by atoms with van der Waals surface area (Å²) in [5, 5.41) is 11.1. The van der Waals surface area contributed by atoms with E-state index in [1.54, 1.807) is 59.2 Å². The Morgan fingerprint density at radius 1 is 1.16 bits per heavy atom. The molecule has 9 nitrogen and oxygen atoms in total. The molecular weight excluding hydrogens is 420 g/mol. The standard InChI is InChI=1S/C21H28N4O5S/c1-20(2,3)29-18(27)16-12(8-10-14-24-22-11-31-14)7-9-13-15(17(26)25(13)16)23-19(28)30-21(4,5)6/h8,10-11,13,15H,7,9H2,1-6H3,(H,23,28). The predicted molar refractivity (Wildman–Crippen MR) is 115 cm³/mol. The van der Waals surface area contributed by atoms with Crippen LogP contribution >= 0.6 is 11.3 Å². The van der Waals surface area contributed by atoms with E-state index in [9.17, 15) is 14.4 Å². The second-order valence-electron chi connectivity index (χ2n) is 9.42. The van der Waals surface area contributed by atoms with Crippen LogP contribution in [0.3, 0.4) is 0 Å². The van der Waals surface area contributed by atoms with Crippen LogP contribution in [0.4, 0.5) is 4.79 Å². The number of amides is 2. The topological polar surface area (TPSA) is 111 Å². The Hall–Kier alpha value is -2.75. The third-order valence-corrected chi connectivity index (χ3v) is 5.20. The molecule has 10 heteroatoms. The first-order valence-corrected chi connectivity index (χ1v) is 11.0. The van der Waals surface area contributed by atoms with Crippen molar-refractivity contribution in [3.63, 3.8) is 0 Å². The van der Waals surface area contributed by atoms with Crippen LogP contribution in [0.25, 0.3) is 6.08 Å². The average molecular weight is 449 g/mol. The van der Waals surface area contributed by atoms with Gasteiger partial charge in [0.15, 0.2) is 0 Å². The van der Waals surface area contributed by atoms with E-state index in [2.05, 4.69) is 15.5 Å². The van der Waals surface area contributed by atoms with E-state index in [-0.39, 0.29) is 17.6 Å². The molecule has 0 aliphatic carbocycles. The number of aromatic nitrogens is 2. The lowest BCUT2D eigenvalue weighted by molar-refractivity contribution is -0.161. The lowest BCUT2D eigenvalue weighted by atomic mass is 9.83. The Balaban J connectivity index is 1.85. The van der Waals surface area contributed by atoms with Gasteiger partial charge >= 0.3 is 12.1 Å². The number of carbonyl (C=O) groups excluding carboxylic acids is 3. The van der Waals surface area contributed by atoms with Gasteiger partial charge in [0.05, 0.1) is 6.04 Å². The van der Waals surface area contributed by atoms with Crippen LogP contribution in [0.1, 0.15) is 59.4 Å². The molecule has 3 rings (SSSR count). The lowest BCUT2D eigenvalue weighted by Gasteiger charge is -2.50. The fourth-order valence-electron chi connectivity index (χ4n) is 3.43. The molecule has 0 bridgehead atoms. The number of allylic oxidation sites excluding steroid dienone is 2. The Kier molecular flexibility index (Phi) is 6.22. The molecule has 0 aromatic carbocycles. The first-order chi connectivity index (χ1) is 14.4. The molecule has 0 spiro atoms.